The quantitative estimate of drug-likeness (QED) is 0.320. The molecule has 2 atom stereocenters. The van der Waals surface area contributed by atoms with Crippen molar-refractivity contribution in [2.45, 2.75) is 45.1 Å². The fraction of sp³-hybridized carbons (Fsp3) is 0.286. The molecule has 3 aromatic carbocycles. The number of nitrogens with zero attached hydrogens (tertiary/aromatic N) is 3. The summed E-state index contributed by atoms with van der Waals surface area (Å²) < 4.78 is 2.28. The molecule has 1 saturated heterocycles. The molecule has 0 saturated carbocycles. The number of benzene rings is 3. The molecule has 1 aliphatic rings. The first kappa shape index (κ1) is 21.7. The molecule has 1 aromatic heterocycles. The molecule has 168 valence electrons. The number of anilines is 1. The van der Waals surface area contributed by atoms with Gasteiger partial charge in [0.05, 0.1) is 21.7 Å². The maximum atomic E-state index is 13.0. The number of hydrogen-bond acceptors (Lipinski definition) is 2. The molecule has 33 heavy (non-hydrogen) atoms. The Hall–Kier alpha value is -3.11. The first-order valence-corrected chi connectivity index (χ1v) is 12.0. The van der Waals surface area contributed by atoms with Crippen LogP contribution in [0.5, 0.6) is 0 Å². The van der Waals surface area contributed by atoms with Crippen LogP contribution in [0.4, 0.5) is 5.69 Å². The Morgan fingerprint density at radius 2 is 1.76 bits per heavy atom. The highest BCUT2D eigenvalue weighted by molar-refractivity contribution is 6.33. The number of rotatable bonds is 6. The number of hydrogen-bond donors (Lipinski definition) is 0. The van der Waals surface area contributed by atoms with Crippen LogP contribution in [-0.2, 0) is 11.3 Å². The van der Waals surface area contributed by atoms with E-state index in [4.69, 9.17) is 16.6 Å². The standard InChI is InChI=1S/C28H28ClN3O/c1-3-19(2)21-14-12-20(13-15-21)17-32-26-11-7-5-9-24(26)30-28(32)22-16-27(33)31(18-22)25-10-6-4-8-23(25)29/h4-15,19,22H,3,16-18H2,1-2H3. The zero-order valence-electron chi connectivity index (χ0n) is 19.0. The van der Waals surface area contributed by atoms with Gasteiger partial charge in [0.15, 0.2) is 0 Å². The van der Waals surface area contributed by atoms with Gasteiger partial charge < -0.3 is 9.47 Å². The predicted octanol–water partition coefficient (Wildman–Crippen LogP) is 6.77. The summed E-state index contributed by atoms with van der Waals surface area (Å²) in [7, 11) is 0. The van der Waals surface area contributed by atoms with Crippen molar-refractivity contribution in [1.82, 2.24) is 9.55 Å². The lowest BCUT2D eigenvalue weighted by atomic mass is 9.97. The van der Waals surface area contributed by atoms with Gasteiger partial charge in [-0.2, -0.15) is 0 Å². The van der Waals surface area contributed by atoms with E-state index in [0.717, 1.165) is 35.5 Å². The largest absolute Gasteiger partial charge is 0.323 e. The van der Waals surface area contributed by atoms with E-state index in [1.807, 2.05) is 42.5 Å². The highest BCUT2D eigenvalue weighted by atomic mass is 35.5. The summed E-state index contributed by atoms with van der Waals surface area (Å²) in [4.78, 5) is 19.7. The molecular weight excluding hydrogens is 430 g/mol. The summed E-state index contributed by atoms with van der Waals surface area (Å²) in [6, 6.07) is 24.7. The van der Waals surface area contributed by atoms with Crippen LogP contribution in [0.2, 0.25) is 5.02 Å². The molecule has 1 aliphatic heterocycles. The number of para-hydroxylation sites is 3. The van der Waals surface area contributed by atoms with Gasteiger partial charge in [0, 0.05) is 25.4 Å². The summed E-state index contributed by atoms with van der Waals surface area (Å²) in [6.45, 7) is 5.79. The minimum atomic E-state index is 0.0144. The summed E-state index contributed by atoms with van der Waals surface area (Å²) in [5.41, 5.74) is 5.44. The zero-order valence-corrected chi connectivity index (χ0v) is 19.8. The van der Waals surface area contributed by atoms with Crippen molar-refractivity contribution >= 4 is 34.2 Å². The molecule has 5 rings (SSSR count). The third kappa shape index (κ3) is 4.16. The molecule has 0 radical (unpaired) electrons. The number of aromatic nitrogens is 2. The molecule has 0 spiro atoms. The van der Waals surface area contributed by atoms with Crippen molar-refractivity contribution in [3.8, 4) is 0 Å². The Kier molecular flexibility index (Phi) is 5.94. The van der Waals surface area contributed by atoms with Crippen LogP contribution >= 0.6 is 11.6 Å². The second kappa shape index (κ2) is 9.03. The van der Waals surface area contributed by atoms with Gasteiger partial charge in [-0.25, -0.2) is 4.98 Å². The Labute approximate surface area is 199 Å². The van der Waals surface area contributed by atoms with Crippen molar-refractivity contribution in [2.24, 2.45) is 0 Å². The van der Waals surface area contributed by atoms with E-state index in [-0.39, 0.29) is 11.8 Å². The van der Waals surface area contributed by atoms with Crippen LogP contribution in [0.25, 0.3) is 11.0 Å². The molecule has 0 bridgehead atoms. The summed E-state index contributed by atoms with van der Waals surface area (Å²) >= 11 is 6.40. The van der Waals surface area contributed by atoms with Crippen LogP contribution < -0.4 is 4.90 Å². The number of carbonyl (C=O) groups is 1. The van der Waals surface area contributed by atoms with Crippen LogP contribution in [0, 0.1) is 0 Å². The van der Waals surface area contributed by atoms with E-state index in [1.54, 1.807) is 4.90 Å². The van der Waals surface area contributed by atoms with Crippen molar-refractivity contribution in [2.75, 3.05) is 11.4 Å². The Morgan fingerprint density at radius 1 is 1.03 bits per heavy atom. The summed E-state index contributed by atoms with van der Waals surface area (Å²) in [6.07, 6.45) is 1.56. The van der Waals surface area contributed by atoms with Gasteiger partial charge in [0.2, 0.25) is 5.91 Å². The SMILES string of the molecule is CCC(C)c1ccc(Cn2c(C3CC(=O)N(c4ccccc4Cl)C3)nc3ccccc32)cc1. The first-order valence-electron chi connectivity index (χ1n) is 11.6. The molecule has 2 heterocycles. The molecule has 4 aromatic rings. The van der Waals surface area contributed by atoms with Crippen molar-refractivity contribution in [1.29, 1.82) is 0 Å². The number of halogens is 1. The summed E-state index contributed by atoms with van der Waals surface area (Å²) in [5, 5.41) is 0.599. The van der Waals surface area contributed by atoms with Gasteiger partial charge in [0.25, 0.3) is 0 Å². The highest BCUT2D eigenvalue weighted by Crippen LogP contribution is 2.36. The minimum Gasteiger partial charge on any atom is -0.323 e. The van der Waals surface area contributed by atoms with E-state index >= 15 is 0 Å². The number of imidazole rings is 1. The fourth-order valence-corrected chi connectivity index (χ4v) is 4.96. The van der Waals surface area contributed by atoms with Crippen LogP contribution in [0.15, 0.2) is 72.8 Å². The van der Waals surface area contributed by atoms with E-state index in [9.17, 15) is 4.79 Å². The van der Waals surface area contributed by atoms with Gasteiger partial charge >= 0.3 is 0 Å². The van der Waals surface area contributed by atoms with Gasteiger partial charge in [-0.15, -0.1) is 0 Å². The highest BCUT2D eigenvalue weighted by Gasteiger charge is 2.35. The minimum absolute atomic E-state index is 0.0144. The van der Waals surface area contributed by atoms with Crippen LogP contribution in [0.1, 0.15) is 55.5 Å². The van der Waals surface area contributed by atoms with Crippen molar-refractivity contribution in [3.05, 3.63) is 94.8 Å². The molecule has 1 amide bonds. The Morgan fingerprint density at radius 3 is 2.52 bits per heavy atom. The lowest BCUT2D eigenvalue weighted by molar-refractivity contribution is -0.117. The number of carbonyl (C=O) groups excluding carboxylic acids is 1. The van der Waals surface area contributed by atoms with Gasteiger partial charge in [-0.1, -0.05) is 74.0 Å². The molecule has 4 nitrogen and oxygen atoms in total. The van der Waals surface area contributed by atoms with Crippen LogP contribution in [0.3, 0.4) is 0 Å². The average molecular weight is 458 g/mol. The first-order chi connectivity index (χ1) is 16.0. The Bertz CT molecular complexity index is 1290. The monoisotopic (exact) mass is 457 g/mol. The molecular formula is C28H28ClN3O. The zero-order chi connectivity index (χ0) is 22.9. The van der Waals surface area contributed by atoms with Gasteiger partial charge in [-0.05, 0) is 47.7 Å². The third-order valence-corrected chi connectivity index (χ3v) is 7.14. The molecule has 0 N–H and O–H groups in total. The number of amides is 1. The molecule has 5 heteroatoms. The Balaban J connectivity index is 1.49. The summed E-state index contributed by atoms with van der Waals surface area (Å²) in [5.74, 6) is 1.62. The lowest BCUT2D eigenvalue weighted by Gasteiger charge is -2.18. The van der Waals surface area contributed by atoms with Crippen LogP contribution in [-0.4, -0.2) is 22.0 Å². The molecule has 2 unspecified atom stereocenters. The van der Waals surface area contributed by atoms with Gasteiger partial charge in [0.1, 0.15) is 5.82 Å². The normalized spacial score (nSPS) is 17.1. The number of fused-ring (bicyclic) bond motifs is 1. The van der Waals surface area contributed by atoms with Gasteiger partial charge in [-0.3, -0.25) is 4.79 Å². The second-order valence-corrected chi connectivity index (χ2v) is 9.36. The lowest BCUT2D eigenvalue weighted by Crippen LogP contribution is -2.24. The second-order valence-electron chi connectivity index (χ2n) is 8.95. The fourth-order valence-electron chi connectivity index (χ4n) is 4.73. The van der Waals surface area contributed by atoms with E-state index in [0.29, 0.717) is 23.9 Å². The maximum Gasteiger partial charge on any atom is 0.227 e. The van der Waals surface area contributed by atoms with E-state index < -0.39 is 0 Å². The average Bonchev–Trinajstić information content (AvgIpc) is 3.40. The topological polar surface area (TPSA) is 38.1 Å². The third-order valence-electron chi connectivity index (χ3n) is 6.82. The molecule has 0 aliphatic carbocycles. The maximum absolute atomic E-state index is 13.0. The van der Waals surface area contributed by atoms with E-state index in [1.165, 1.54) is 11.1 Å². The van der Waals surface area contributed by atoms with Crippen molar-refractivity contribution in [3.63, 3.8) is 0 Å². The van der Waals surface area contributed by atoms with E-state index in [2.05, 4.69) is 48.7 Å². The predicted molar refractivity (Wildman–Crippen MR) is 135 cm³/mol. The molecule has 1 fully saturated rings. The van der Waals surface area contributed by atoms with Crippen molar-refractivity contribution < 1.29 is 4.79 Å². The smallest absolute Gasteiger partial charge is 0.227 e.